The van der Waals surface area contributed by atoms with Crippen molar-refractivity contribution in [2.45, 2.75) is 140 Å². The Balaban J connectivity index is 1.54. The number of carbonyl (C=O) groups excluding carboxylic acids is 1. The van der Waals surface area contributed by atoms with E-state index < -0.39 is 33.7 Å². The van der Waals surface area contributed by atoms with Crippen LogP contribution in [0.4, 0.5) is 0 Å². The summed E-state index contributed by atoms with van der Waals surface area (Å²) in [5, 5.41) is 1.40. The summed E-state index contributed by atoms with van der Waals surface area (Å²) in [6, 6.07) is 34.7. The molecule has 0 unspecified atom stereocenters. The zero-order valence-corrected chi connectivity index (χ0v) is 34.5. The molecule has 7 heteroatoms. The van der Waals surface area contributed by atoms with Crippen molar-refractivity contribution in [3.63, 3.8) is 0 Å². The summed E-state index contributed by atoms with van der Waals surface area (Å²) in [6.45, 7) is 22.0. The van der Waals surface area contributed by atoms with Crippen LogP contribution in [-0.4, -0.2) is 52.2 Å². The maximum absolute atomic E-state index is 13.9. The number of rotatable bonds is 22. The Morgan fingerprint density at radius 3 is 2.02 bits per heavy atom. The molecule has 0 aliphatic carbocycles. The van der Waals surface area contributed by atoms with Gasteiger partial charge in [-0.3, -0.25) is 4.79 Å². The lowest BCUT2D eigenvalue weighted by molar-refractivity contribution is -0.141. The molecular weight excluding hydrogens is 665 g/mol. The molecule has 0 bridgehead atoms. The Labute approximate surface area is 311 Å². The first-order chi connectivity index (χ1) is 24.4. The topological polar surface area (TPSA) is 54.0 Å². The van der Waals surface area contributed by atoms with E-state index in [4.69, 9.17) is 18.6 Å². The van der Waals surface area contributed by atoms with Gasteiger partial charge in [0.05, 0.1) is 45.2 Å². The molecule has 0 N–H and O–H groups in total. The molecule has 5 atom stereocenters. The van der Waals surface area contributed by atoms with Gasteiger partial charge in [0.15, 0.2) is 14.1 Å². The second-order valence-corrected chi connectivity index (χ2v) is 25.1. The zero-order chi connectivity index (χ0) is 37.0. The normalized spacial score (nSPS) is 20.4. The Kier molecular flexibility index (Phi) is 15.2. The summed E-state index contributed by atoms with van der Waals surface area (Å²) in [6.07, 6.45) is 4.86. The van der Waals surface area contributed by atoms with Crippen molar-refractivity contribution in [1.82, 2.24) is 0 Å². The van der Waals surface area contributed by atoms with Crippen molar-refractivity contribution >= 4 is 27.4 Å². The van der Waals surface area contributed by atoms with Crippen LogP contribution in [0, 0.1) is 0 Å². The lowest BCUT2D eigenvalue weighted by Crippen LogP contribution is -2.54. The van der Waals surface area contributed by atoms with Gasteiger partial charge in [-0.25, -0.2) is 0 Å². The van der Waals surface area contributed by atoms with Crippen molar-refractivity contribution < 1.29 is 23.4 Å². The number of hydrogen-bond donors (Lipinski definition) is 0. The van der Waals surface area contributed by atoms with Crippen molar-refractivity contribution in [3.8, 4) is 0 Å². The highest BCUT2D eigenvalue weighted by Crippen LogP contribution is 2.40. The van der Waals surface area contributed by atoms with Crippen LogP contribution in [-0.2, 0) is 36.6 Å². The molecule has 1 aliphatic rings. The predicted molar refractivity (Wildman–Crippen MR) is 217 cm³/mol. The fraction of sp³-hybridized carbons (Fsp3) is 0.523. The van der Waals surface area contributed by atoms with E-state index >= 15 is 0 Å². The molecule has 0 amide bonds. The molecule has 1 heterocycles. The quantitative estimate of drug-likeness (QED) is 0.0762. The van der Waals surface area contributed by atoms with Crippen molar-refractivity contribution in [1.29, 1.82) is 0 Å². The largest absolute Gasteiger partial charge is 0.414 e. The van der Waals surface area contributed by atoms with E-state index in [-0.39, 0.29) is 17.4 Å². The number of hydrogen-bond acceptors (Lipinski definition) is 5. The van der Waals surface area contributed by atoms with Gasteiger partial charge in [0.25, 0.3) is 0 Å². The van der Waals surface area contributed by atoms with Gasteiger partial charge in [0.1, 0.15) is 6.10 Å². The van der Waals surface area contributed by atoms with Gasteiger partial charge in [-0.1, -0.05) is 136 Å². The van der Waals surface area contributed by atoms with Crippen LogP contribution in [0.5, 0.6) is 0 Å². The number of ketones is 1. The van der Waals surface area contributed by atoms with Gasteiger partial charge in [-0.2, -0.15) is 0 Å². The summed E-state index contributed by atoms with van der Waals surface area (Å²) < 4.78 is 26.9. The van der Waals surface area contributed by atoms with Crippen molar-refractivity contribution in [3.05, 3.63) is 115 Å². The Bertz CT molecular complexity index is 1470. The minimum Gasteiger partial charge on any atom is -0.414 e. The standard InChI is InChI=1S/C44H64O5Si2/c1-9-42(50(7,8)38-26-20-15-21-27-38)41(49-51(10-2,11-3)12-4)32-43(5,47-34-37-24-18-14-19-25-37)30-28-39(45)40-29-31-44(6,48-40)35-46-33-36-22-16-13-17-23-36/h9,13-27,40-42H,1,10-12,28-35H2,2-8H3/t40-,41-,42+,43+,44-/m1/s1. The van der Waals surface area contributed by atoms with Gasteiger partial charge in [0, 0.05) is 18.4 Å². The van der Waals surface area contributed by atoms with Crippen molar-refractivity contribution in [2.24, 2.45) is 0 Å². The third-order valence-corrected chi connectivity index (χ3v) is 20.3. The van der Waals surface area contributed by atoms with Crippen LogP contribution in [0.25, 0.3) is 0 Å². The molecule has 278 valence electrons. The molecule has 0 saturated carbocycles. The predicted octanol–water partition coefficient (Wildman–Crippen LogP) is 10.4. The van der Waals surface area contributed by atoms with E-state index in [1.54, 1.807) is 0 Å². The Morgan fingerprint density at radius 2 is 1.47 bits per heavy atom. The summed E-state index contributed by atoms with van der Waals surface area (Å²) in [5.41, 5.74) is 1.35. The van der Waals surface area contributed by atoms with Gasteiger partial charge in [0.2, 0.25) is 0 Å². The van der Waals surface area contributed by atoms with Crippen molar-refractivity contribution in [2.75, 3.05) is 6.61 Å². The first-order valence-electron chi connectivity index (χ1n) is 19.3. The average Bonchev–Trinajstić information content (AvgIpc) is 3.55. The minimum absolute atomic E-state index is 0.0699. The monoisotopic (exact) mass is 728 g/mol. The Morgan fingerprint density at radius 1 is 0.922 bits per heavy atom. The summed E-state index contributed by atoms with van der Waals surface area (Å²) in [4.78, 5) is 13.9. The highest BCUT2D eigenvalue weighted by molar-refractivity contribution is 6.91. The SMILES string of the molecule is C=C[C@@H]([C@@H](C[C@](C)(CCC(=O)[C@H]1CC[C@](C)(COCc2ccccc2)O1)OCc1ccccc1)O[Si](CC)(CC)CC)[Si](C)(C)c1ccccc1. The number of carbonyl (C=O) groups is 1. The summed E-state index contributed by atoms with van der Waals surface area (Å²) in [5.74, 6) is 0.146. The van der Waals surface area contributed by atoms with E-state index in [0.717, 1.165) is 35.7 Å². The molecule has 1 saturated heterocycles. The van der Waals surface area contributed by atoms with E-state index in [1.807, 2.05) is 24.3 Å². The fourth-order valence-electron chi connectivity index (χ4n) is 7.76. The van der Waals surface area contributed by atoms with Crippen LogP contribution >= 0.6 is 0 Å². The van der Waals surface area contributed by atoms with Crippen LogP contribution in [0.15, 0.2) is 104 Å². The molecule has 4 rings (SSSR count). The molecule has 1 aliphatic heterocycles. The lowest BCUT2D eigenvalue weighted by Gasteiger charge is -2.45. The maximum Gasteiger partial charge on any atom is 0.192 e. The third-order valence-electron chi connectivity index (χ3n) is 11.5. The third kappa shape index (κ3) is 11.4. The maximum atomic E-state index is 13.9. The number of Topliss-reactive ketones (excluding diaryl/α,β-unsaturated/α-hetero) is 1. The first-order valence-corrected chi connectivity index (χ1v) is 24.9. The molecule has 1 fully saturated rings. The van der Waals surface area contributed by atoms with E-state index in [2.05, 4.69) is 127 Å². The van der Waals surface area contributed by atoms with Gasteiger partial charge in [-0.05, 0) is 62.4 Å². The van der Waals surface area contributed by atoms with Gasteiger partial charge in [-0.15, -0.1) is 6.58 Å². The molecule has 3 aromatic carbocycles. The van der Waals surface area contributed by atoms with Crippen LogP contribution in [0.2, 0.25) is 36.8 Å². The first kappa shape index (κ1) is 41.1. The highest BCUT2D eigenvalue weighted by atomic mass is 28.4. The van der Waals surface area contributed by atoms with Gasteiger partial charge < -0.3 is 18.6 Å². The van der Waals surface area contributed by atoms with Crippen LogP contribution in [0.1, 0.15) is 77.8 Å². The van der Waals surface area contributed by atoms with Gasteiger partial charge >= 0.3 is 0 Å². The molecule has 0 spiro atoms. The number of ether oxygens (including phenoxy) is 3. The zero-order valence-electron chi connectivity index (χ0n) is 32.5. The second-order valence-electron chi connectivity index (χ2n) is 15.7. The molecule has 51 heavy (non-hydrogen) atoms. The van der Waals surface area contributed by atoms with E-state index in [1.165, 1.54) is 5.19 Å². The highest BCUT2D eigenvalue weighted by Gasteiger charge is 2.45. The summed E-state index contributed by atoms with van der Waals surface area (Å²) in [7, 11) is -4.11. The lowest BCUT2D eigenvalue weighted by atomic mass is 9.89. The second kappa shape index (κ2) is 18.9. The molecule has 0 aromatic heterocycles. The van der Waals surface area contributed by atoms with Crippen LogP contribution < -0.4 is 5.19 Å². The molecular formula is C44H64O5Si2. The Hall–Kier alpha value is -2.66. The summed E-state index contributed by atoms with van der Waals surface area (Å²) >= 11 is 0. The molecule has 0 radical (unpaired) electrons. The number of benzene rings is 3. The van der Waals surface area contributed by atoms with Crippen LogP contribution in [0.3, 0.4) is 0 Å². The van der Waals surface area contributed by atoms with E-state index in [0.29, 0.717) is 45.5 Å². The molecule has 5 nitrogen and oxygen atoms in total. The van der Waals surface area contributed by atoms with E-state index in [9.17, 15) is 4.79 Å². The smallest absolute Gasteiger partial charge is 0.192 e. The minimum atomic E-state index is -2.09. The molecule has 3 aromatic rings. The average molecular weight is 729 g/mol. The fourth-order valence-corrected chi connectivity index (χ4v) is 13.9.